The van der Waals surface area contributed by atoms with Crippen molar-refractivity contribution in [1.29, 1.82) is 0 Å². The van der Waals surface area contributed by atoms with Crippen LogP contribution in [0.5, 0.6) is 0 Å². The summed E-state index contributed by atoms with van der Waals surface area (Å²) in [6, 6.07) is 2.25. The van der Waals surface area contributed by atoms with Gasteiger partial charge in [-0.25, -0.2) is 8.42 Å². The number of fused-ring (bicyclic) bond motifs is 2. The molecular formula is C15H19N3O2S2. The van der Waals surface area contributed by atoms with Crippen LogP contribution in [-0.2, 0) is 35.6 Å². The lowest BCUT2D eigenvalue weighted by Gasteiger charge is -2.04. The van der Waals surface area contributed by atoms with Crippen LogP contribution in [0, 0.1) is 0 Å². The van der Waals surface area contributed by atoms with E-state index in [1.54, 1.807) is 0 Å². The molecule has 0 saturated carbocycles. The predicted octanol–water partition coefficient (Wildman–Crippen LogP) is 2.25. The molecule has 0 saturated heterocycles. The summed E-state index contributed by atoms with van der Waals surface area (Å²) in [5.41, 5.74) is 1.45. The number of aromatic nitrogens is 3. The zero-order valence-corrected chi connectivity index (χ0v) is 14.0. The Bertz CT molecular complexity index is 781. The third kappa shape index (κ3) is 2.60. The maximum atomic E-state index is 11.8. The second kappa shape index (κ2) is 5.45. The molecule has 22 heavy (non-hydrogen) atoms. The lowest BCUT2D eigenvalue weighted by molar-refractivity contribution is 0.593. The smallest absolute Gasteiger partial charge is 0.174 e. The van der Waals surface area contributed by atoms with Gasteiger partial charge in [-0.1, -0.05) is 6.42 Å². The summed E-state index contributed by atoms with van der Waals surface area (Å²) in [6.45, 7) is 0.475. The second-order valence-corrected chi connectivity index (χ2v) is 9.55. The normalized spacial score (nSPS) is 20.7. The monoisotopic (exact) mass is 337 g/mol. The van der Waals surface area contributed by atoms with Crippen molar-refractivity contribution < 1.29 is 8.42 Å². The zero-order chi connectivity index (χ0) is 15.2. The average Bonchev–Trinajstić information content (AvgIpc) is 2.96. The second-order valence-electron chi connectivity index (χ2n) is 6.11. The Morgan fingerprint density at radius 3 is 2.82 bits per heavy atom. The lowest BCUT2D eigenvalue weighted by Crippen LogP contribution is -2.12. The molecule has 0 atom stereocenters. The Morgan fingerprint density at radius 1 is 1.05 bits per heavy atom. The first-order chi connectivity index (χ1) is 10.6. The summed E-state index contributed by atoms with van der Waals surface area (Å²) in [4.78, 5) is 2.62. The molecule has 0 unspecified atom stereocenters. The molecule has 1 aliphatic heterocycles. The molecular weight excluding hydrogens is 318 g/mol. The van der Waals surface area contributed by atoms with Gasteiger partial charge in [0.2, 0.25) is 0 Å². The molecule has 1 aliphatic carbocycles. The van der Waals surface area contributed by atoms with Gasteiger partial charge in [-0.15, -0.1) is 21.5 Å². The van der Waals surface area contributed by atoms with Crippen LogP contribution < -0.4 is 0 Å². The van der Waals surface area contributed by atoms with E-state index < -0.39 is 9.84 Å². The molecule has 118 valence electrons. The molecule has 2 aromatic heterocycles. The van der Waals surface area contributed by atoms with Crippen LogP contribution in [0.2, 0.25) is 0 Å². The molecule has 0 aromatic carbocycles. The fraction of sp³-hybridized carbons (Fsp3) is 0.600. The van der Waals surface area contributed by atoms with Gasteiger partial charge in [0.15, 0.2) is 15.7 Å². The summed E-state index contributed by atoms with van der Waals surface area (Å²) >= 11 is 1.81. The molecule has 2 aromatic rings. The van der Waals surface area contributed by atoms with Gasteiger partial charge in [0, 0.05) is 17.8 Å². The molecule has 0 radical (unpaired) electrons. The maximum absolute atomic E-state index is 11.8. The van der Waals surface area contributed by atoms with Crippen molar-refractivity contribution in [2.75, 3.05) is 11.5 Å². The summed E-state index contributed by atoms with van der Waals surface area (Å²) in [7, 11) is -2.95. The van der Waals surface area contributed by atoms with Crippen molar-refractivity contribution in [2.45, 2.75) is 45.1 Å². The quantitative estimate of drug-likeness (QED) is 0.749. The Balaban J connectivity index is 1.72. The highest BCUT2D eigenvalue weighted by atomic mass is 32.2. The van der Waals surface area contributed by atoms with E-state index in [-0.39, 0.29) is 11.5 Å². The van der Waals surface area contributed by atoms with Crippen LogP contribution in [0.3, 0.4) is 0 Å². The maximum Gasteiger partial charge on any atom is 0.174 e. The first-order valence-electron chi connectivity index (χ1n) is 7.87. The summed E-state index contributed by atoms with van der Waals surface area (Å²) < 4.78 is 25.7. The van der Waals surface area contributed by atoms with Crippen LogP contribution in [-0.4, -0.2) is 34.7 Å². The Kier molecular flexibility index (Phi) is 3.57. The first kappa shape index (κ1) is 14.4. The zero-order valence-electron chi connectivity index (χ0n) is 12.4. The van der Waals surface area contributed by atoms with E-state index in [1.807, 2.05) is 15.9 Å². The summed E-state index contributed by atoms with van der Waals surface area (Å²) in [5.74, 6) is 2.03. The van der Waals surface area contributed by atoms with E-state index in [0.717, 1.165) is 29.4 Å². The van der Waals surface area contributed by atoms with Crippen LogP contribution in [0.1, 0.15) is 35.5 Å². The number of sulfone groups is 1. The molecule has 4 rings (SSSR count). The van der Waals surface area contributed by atoms with Crippen LogP contribution in [0.4, 0.5) is 0 Å². The standard InChI is InChI=1S/C15H19N3O2S2/c19-22(20)8-6-14-16-17-15(18(14)7-9-22)13-10-11-4-2-1-3-5-12(11)21-13/h10H,1-9H2. The molecule has 2 aliphatic rings. The topological polar surface area (TPSA) is 64.8 Å². The van der Waals surface area contributed by atoms with Crippen molar-refractivity contribution in [3.8, 4) is 10.7 Å². The molecule has 3 heterocycles. The number of nitrogens with zero attached hydrogens (tertiary/aromatic N) is 3. The third-order valence-electron chi connectivity index (χ3n) is 4.56. The van der Waals surface area contributed by atoms with Crippen molar-refractivity contribution >= 4 is 21.2 Å². The van der Waals surface area contributed by atoms with Gasteiger partial charge >= 0.3 is 0 Å². The van der Waals surface area contributed by atoms with Gasteiger partial charge in [-0.3, -0.25) is 0 Å². The van der Waals surface area contributed by atoms with Crippen molar-refractivity contribution in [2.24, 2.45) is 0 Å². The summed E-state index contributed by atoms with van der Waals surface area (Å²) in [6.07, 6.45) is 6.63. The Morgan fingerprint density at radius 2 is 1.91 bits per heavy atom. The van der Waals surface area contributed by atoms with Crippen LogP contribution in [0.15, 0.2) is 6.07 Å². The fourth-order valence-electron chi connectivity index (χ4n) is 3.29. The number of hydrogen-bond acceptors (Lipinski definition) is 5. The van der Waals surface area contributed by atoms with Gasteiger partial charge in [-0.2, -0.15) is 0 Å². The Labute approximate surface area is 134 Å². The highest BCUT2D eigenvalue weighted by molar-refractivity contribution is 7.91. The number of rotatable bonds is 1. The van der Waals surface area contributed by atoms with Gasteiger partial charge in [0.25, 0.3) is 0 Å². The molecule has 0 fully saturated rings. The van der Waals surface area contributed by atoms with Gasteiger partial charge in [-0.05, 0) is 37.3 Å². The molecule has 0 bridgehead atoms. The largest absolute Gasteiger partial charge is 0.309 e. The van der Waals surface area contributed by atoms with Crippen molar-refractivity contribution in [3.63, 3.8) is 0 Å². The summed E-state index contributed by atoms with van der Waals surface area (Å²) in [5, 5.41) is 8.59. The molecule has 5 nitrogen and oxygen atoms in total. The van der Waals surface area contributed by atoms with E-state index in [4.69, 9.17) is 0 Å². The fourth-order valence-corrected chi connectivity index (χ4v) is 5.70. The predicted molar refractivity (Wildman–Crippen MR) is 87.0 cm³/mol. The minimum Gasteiger partial charge on any atom is -0.309 e. The molecule has 0 amide bonds. The van der Waals surface area contributed by atoms with Gasteiger partial charge in [0.1, 0.15) is 5.82 Å². The van der Waals surface area contributed by atoms with E-state index in [2.05, 4.69) is 16.3 Å². The minimum absolute atomic E-state index is 0.187. The SMILES string of the molecule is O=S1(=O)CCc2nnc(-c3cc4c(s3)CCCCC4)n2CC1. The Hall–Kier alpha value is -1.21. The molecule has 7 heteroatoms. The van der Waals surface area contributed by atoms with Crippen molar-refractivity contribution in [3.05, 3.63) is 22.3 Å². The highest BCUT2D eigenvalue weighted by Crippen LogP contribution is 2.35. The minimum atomic E-state index is -2.95. The third-order valence-corrected chi connectivity index (χ3v) is 7.42. The van der Waals surface area contributed by atoms with Gasteiger partial charge < -0.3 is 4.57 Å². The van der Waals surface area contributed by atoms with E-state index in [9.17, 15) is 8.42 Å². The van der Waals surface area contributed by atoms with Gasteiger partial charge in [0.05, 0.1) is 16.4 Å². The van der Waals surface area contributed by atoms with Crippen molar-refractivity contribution in [1.82, 2.24) is 14.8 Å². The van der Waals surface area contributed by atoms with E-state index >= 15 is 0 Å². The number of hydrogen-bond donors (Lipinski definition) is 0. The number of thiophene rings is 1. The van der Waals surface area contributed by atoms with E-state index in [1.165, 1.54) is 29.7 Å². The first-order valence-corrected chi connectivity index (χ1v) is 10.5. The lowest BCUT2D eigenvalue weighted by atomic mass is 10.1. The van der Waals surface area contributed by atoms with Crippen LogP contribution in [0.25, 0.3) is 10.7 Å². The molecule has 0 N–H and O–H groups in total. The van der Waals surface area contributed by atoms with E-state index in [0.29, 0.717) is 13.0 Å². The van der Waals surface area contributed by atoms with Crippen LogP contribution >= 0.6 is 11.3 Å². The average molecular weight is 337 g/mol. The molecule has 0 spiro atoms. The number of aryl methyl sites for hydroxylation is 3. The highest BCUT2D eigenvalue weighted by Gasteiger charge is 2.24.